The molecule has 100 valence electrons. The van der Waals surface area contributed by atoms with E-state index in [1.807, 2.05) is 30.9 Å². The van der Waals surface area contributed by atoms with Crippen molar-refractivity contribution in [1.82, 2.24) is 15.1 Å². The van der Waals surface area contributed by atoms with E-state index in [9.17, 15) is 0 Å². The lowest BCUT2D eigenvalue weighted by atomic mass is 10.0. The number of aromatic nitrogens is 2. The van der Waals surface area contributed by atoms with Gasteiger partial charge >= 0.3 is 0 Å². The van der Waals surface area contributed by atoms with Crippen molar-refractivity contribution in [2.24, 2.45) is 7.05 Å². The highest BCUT2D eigenvalue weighted by Gasteiger charge is 2.18. The number of hydrogen-bond acceptors (Lipinski definition) is 4. The van der Waals surface area contributed by atoms with Crippen LogP contribution in [0, 0.1) is 6.92 Å². The second-order valence-corrected chi connectivity index (χ2v) is 4.63. The first-order valence-corrected chi connectivity index (χ1v) is 6.28. The minimum Gasteiger partial charge on any atom is -0.454 e. The van der Waals surface area contributed by atoms with Crippen molar-refractivity contribution in [1.29, 1.82) is 0 Å². The van der Waals surface area contributed by atoms with Gasteiger partial charge in [0.25, 0.3) is 0 Å². The van der Waals surface area contributed by atoms with Gasteiger partial charge in [0.1, 0.15) is 0 Å². The molecule has 0 amide bonds. The van der Waals surface area contributed by atoms with Crippen LogP contribution in [0.3, 0.4) is 0 Å². The van der Waals surface area contributed by atoms with Crippen molar-refractivity contribution in [3.8, 4) is 22.6 Å². The fraction of sp³-hybridized carbons (Fsp3) is 0.357. The molecule has 0 fully saturated rings. The number of fused-ring (bicyclic) bond motifs is 1. The van der Waals surface area contributed by atoms with Gasteiger partial charge in [0.2, 0.25) is 6.79 Å². The second-order valence-electron chi connectivity index (χ2n) is 4.63. The van der Waals surface area contributed by atoms with Crippen LogP contribution in [0.25, 0.3) is 11.1 Å². The largest absolute Gasteiger partial charge is 0.454 e. The Morgan fingerprint density at radius 3 is 2.89 bits per heavy atom. The number of hydrogen-bond donors (Lipinski definition) is 1. The average molecular weight is 259 g/mol. The fourth-order valence-electron chi connectivity index (χ4n) is 2.40. The van der Waals surface area contributed by atoms with Crippen LogP contribution in [0.15, 0.2) is 18.2 Å². The summed E-state index contributed by atoms with van der Waals surface area (Å²) in [4.78, 5) is 0. The molecule has 1 aliphatic rings. The third-order valence-corrected chi connectivity index (χ3v) is 3.41. The van der Waals surface area contributed by atoms with E-state index in [4.69, 9.17) is 9.47 Å². The summed E-state index contributed by atoms with van der Waals surface area (Å²) >= 11 is 0. The minimum absolute atomic E-state index is 0.300. The van der Waals surface area contributed by atoms with E-state index in [-0.39, 0.29) is 0 Å². The van der Waals surface area contributed by atoms with E-state index >= 15 is 0 Å². The zero-order valence-corrected chi connectivity index (χ0v) is 11.4. The molecule has 0 saturated carbocycles. The molecule has 0 aliphatic carbocycles. The third kappa shape index (κ3) is 1.96. The normalized spacial score (nSPS) is 13.0. The number of rotatable bonds is 3. The lowest BCUT2D eigenvalue weighted by Crippen LogP contribution is -2.07. The molecule has 1 aromatic heterocycles. The van der Waals surface area contributed by atoms with Crippen LogP contribution in [0.4, 0.5) is 0 Å². The molecule has 0 radical (unpaired) electrons. The maximum absolute atomic E-state index is 5.44. The van der Waals surface area contributed by atoms with Gasteiger partial charge in [-0.3, -0.25) is 4.68 Å². The summed E-state index contributed by atoms with van der Waals surface area (Å²) < 4.78 is 12.7. The molecule has 2 aromatic rings. The molecule has 5 nitrogen and oxygen atoms in total. The van der Waals surface area contributed by atoms with Gasteiger partial charge in [-0.15, -0.1) is 0 Å². The van der Waals surface area contributed by atoms with Crippen LogP contribution in [0.2, 0.25) is 0 Å². The van der Waals surface area contributed by atoms with Gasteiger partial charge in [-0.05, 0) is 31.7 Å². The van der Waals surface area contributed by atoms with Crippen LogP contribution < -0.4 is 14.8 Å². The zero-order valence-electron chi connectivity index (χ0n) is 11.4. The lowest BCUT2D eigenvalue weighted by molar-refractivity contribution is 0.174. The molecular formula is C14H17N3O2. The molecule has 0 spiro atoms. The van der Waals surface area contributed by atoms with Crippen molar-refractivity contribution >= 4 is 0 Å². The van der Waals surface area contributed by atoms with Crippen molar-refractivity contribution in [3.63, 3.8) is 0 Å². The molecule has 0 saturated heterocycles. The van der Waals surface area contributed by atoms with Gasteiger partial charge in [-0.2, -0.15) is 5.10 Å². The van der Waals surface area contributed by atoms with E-state index in [0.29, 0.717) is 6.79 Å². The lowest BCUT2D eigenvalue weighted by Gasteiger charge is -2.05. The van der Waals surface area contributed by atoms with Crippen LogP contribution in [-0.2, 0) is 13.6 Å². The van der Waals surface area contributed by atoms with Crippen LogP contribution in [0.1, 0.15) is 11.4 Å². The predicted molar refractivity (Wildman–Crippen MR) is 72.3 cm³/mol. The van der Waals surface area contributed by atoms with Gasteiger partial charge in [0.05, 0.1) is 5.69 Å². The maximum Gasteiger partial charge on any atom is 0.231 e. The molecule has 1 N–H and O–H groups in total. The Balaban J connectivity index is 2.10. The van der Waals surface area contributed by atoms with Crippen LogP contribution >= 0.6 is 0 Å². The summed E-state index contributed by atoms with van der Waals surface area (Å²) in [5.41, 5.74) is 4.46. The first kappa shape index (κ1) is 12.0. The van der Waals surface area contributed by atoms with E-state index in [1.165, 1.54) is 0 Å². The maximum atomic E-state index is 5.44. The molecule has 1 aliphatic heterocycles. The zero-order chi connectivity index (χ0) is 13.4. The summed E-state index contributed by atoms with van der Waals surface area (Å²) in [6.45, 7) is 3.12. The Morgan fingerprint density at radius 1 is 1.32 bits per heavy atom. The van der Waals surface area contributed by atoms with Crippen molar-refractivity contribution in [3.05, 3.63) is 29.6 Å². The molecular weight excluding hydrogens is 242 g/mol. The molecule has 5 heteroatoms. The Hall–Kier alpha value is -2.01. The van der Waals surface area contributed by atoms with Gasteiger partial charge in [-0.25, -0.2) is 0 Å². The van der Waals surface area contributed by atoms with Crippen molar-refractivity contribution in [2.75, 3.05) is 13.8 Å². The first-order chi connectivity index (χ1) is 9.20. The highest BCUT2D eigenvalue weighted by molar-refractivity contribution is 5.71. The summed E-state index contributed by atoms with van der Waals surface area (Å²) in [7, 11) is 3.89. The van der Waals surface area contributed by atoms with E-state index in [2.05, 4.69) is 23.4 Å². The van der Waals surface area contributed by atoms with Gasteiger partial charge in [0, 0.05) is 24.8 Å². The van der Waals surface area contributed by atoms with Crippen LogP contribution in [-0.4, -0.2) is 23.6 Å². The number of nitrogens with one attached hydrogen (secondary N) is 1. The van der Waals surface area contributed by atoms with Crippen molar-refractivity contribution in [2.45, 2.75) is 13.5 Å². The Labute approximate surface area is 112 Å². The Bertz CT molecular complexity index is 619. The summed E-state index contributed by atoms with van der Waals surface area (Å²) in [6.07, 6.45) is 0. The Kier molecular flexibility index (Phi) is 2.91. The summed E-state index contributed by atoms with van der Waals surface area (Å²) in [5, 5.41) is 7.71. The molecule has 1 aromatic carbocycles. The topological polar surface area (TPSA) is 48.3 Å². The standard InChI is InChI=1S/C14H17N3O2/c1-9-14(11(7-15-2)16-17(9)3)10-4-5-12-13(6-10)19-8-18-12/h4-6,15H,7-8H2,1-3H3. The molecule has 0 unspecified atom stereocenters. The average Bonchev–Trinajstić information content (AvgIpc) is 2.95. The minimum atomic E-state index is 0.300. The number of ether oxygens (including phenoxy) is 2. The SMILES string of the molecule is CNCc1nn(C)c(C)c1-c1ccc2c(c1)OCO2. The highest BCUT2D eigenvalue weighted by Crippen LogP contribution is 2.37. The smallest absolute Gasteiger partial charge is 0.231 e. The predicted octanol–water partition coefficient (Wildman–Crippen LogP) is 1.84. The Morgan fingerprint density at radius 2 is 2.11 bits per heavy atom. The fourth-order valence-corrected chi connectivity index (χ4v) is 2.40. The monoisotopic (exact) mass is 259 g/mol. The summed E-state index contributed by atoms with van der Waals surface area (Å²) in [6, 6.07) is 6.02. The number of aryl methyl sites for hydroxylation is 1. The van der Waals surface area contributed by atoms with Gasteiger partial charge < -0.3 is 14.8 Å². The van der Waals surface area contributed by atoms with Crippen LogP contribution in [0.5, 0.6) is 11.5 Å². The number of benzene rings is 1. The van der Waals surface area contributed by atoms with E-state index in [1.54, 1.807) is 0 Å². The summed E-state index contributed by atoms with van der Waals surface area (Å²) in [5.74, 6) is 1.61. The second kappa shape index (κ2) is 4.59. The third-order valence-electron chi connectivity index (χ3n) is 3.41. The van der Waals surface area contributed by atoms with Crippen molar-refractivity contribution < 1.29 is 9.47 Å². The molecule has 0 atom stereocenters. The highest BCUT2D eigenvalue weighted by atomic mass is 16.7. The quantitative estimate of drug-likeness (QED) is 0.913. The molecule has 3 rings (SSSR count). The van der Waals surface area contributed by atoms with E-state index < -0.39 is 0 Å². The van der Waals surface area contributed by atoms with E-state index in [0.717, 1.165) is 40.6 Å². The molecule has 0 bridgehead atoms. The number of nitrogens with zero attached hydrogens (tertiary/aromatic N) is 2. The first-order valence-electron chi connectivity index (χ1n) is 6.28. The molecule has 19 heavy (non-hydrogen) atoms. The molecule has 2 heterocycles. The van der Waals surface area contributed by atoms with Gasteiger partial charge in [0.15, 0.2) is 11.5 Å². The van der Waals surface area contributed by atoms with Gasteiger partial charge in [-0.1, -0.05) is 6.07 Å².